The summed E-state index contributed by atoms with van der Waals surface area (Å²) < 4.78 is 7.00. The van der Waals surface area contributed by atoms with Crippen molar-refractivity contribution in [2.24, 2.45) is 7.05 Å². The van der Waals surface area contributed by atoms with Crippen LogP contribution < -0.4 is 10.6 Å². The molecule has 0 bridgehead atoms. The van der Waals surface area contributed by atoms with E-state index in [4.69, 9.17) is 9.84 Å². The molecule has 3 aromatic rings. The van der Waals surface area contributed by atoms with E-state index in [0.717, 1.165) is 22.3 Å². The Kier molecular flexibility index (Phi) is 7.11. The van der Waals surface area contributed by atoms with Crippen LogP contribution >= 0.6 is 0 Å². The van der Waals surface area contributed by atoms with Crippen molar-refractivity contribution in [2.75, 3.05) is 13.2 Å². The molecule has 1 aliphatic carbocycles. The summed E-state index contributed by atoms with van der Waals surface area (Å²) in [5.41, 5.74) is 4.76. The van der Waals surface area contributed by atoms with E-state index >= 15 is 0 Å². The Balaban J connectivity index is 1.43. The lowest BCUT2D eigenvalue weighted by atomic mass is 9.98. The van der Waals surface area contributed by atoms with Gasteiger partial charge in [0.2, 0.25) is 5.91 Å². The van der Waals surface area contributed by atoms with E-state index in [0.29, 0.717) is 5.69 Å². The number of carbonyl (C=O) groups excluding carboxylic acids is 2. The van der Waals surface area contributed by atoms with Gasteiger partial charge in [-0.2, -0.15) is 5.10 Å². The van der Waals surface area contributed by atoms with E-state index in [9.17, 15) is 19.5 Å². The minimum Gasteiger partial charge on any atom is -0.479 e. The van der Waals surface area contributed by atoms with Gasteiger partial charge in [0.15, 0.2) is 12.1 Å². The fourth-order valence-electron chi connectivity index (χ4n) is 4.26. The summed E-state index contributed by atoms with van der Waals surface area (Å²) in [6.45, 7) is -0.00257. The Morgan fingerprint density at radius 1 is 1.06 bits per heavy atom. The van der Waals surface area contributed by atoms with Crippen LogP contribution in [0.1, 0.15) is 35.2 Å². The summed E-state index contributed by atoms with van der Waals surface area (Å²) in [6.07, 6.45) is -1.06. The molecule has 2 amide bonds. The van der Waals surface area contributed by atoms with Gasteiger partial charge in [0, 0.05) is 32.1 Å². The van der Waals surface area contributed by atoms with Crippen LogP contribution in [0.4, 0.5) is 4.79 Å². The lowest BCUT2D eigenvalue weighted by Crippen LogP contribution is -2.42. The number of aryl methyl sites for hydroxylation is 1. The Morgan fingerprint density at radius 3 is 2.26 bits per heavy atom. The van der Waals surface area contributed by atoms with E-state index in [1.807, 2.05) is 48.5 Å². The number of rotatable bonds is 9. The minimum atomic E-state index is -1.60. The normalized spacial score (nSPS) is 13.9. The van der Waals surface area contributed by atoms with Crippen molar-refractivity contribution in [3.63, 3.8) is 0 Å². The molecule has 182 valence electrons. The monoisotopic (exact) mass is 478 g/mol. The number of hydrogen-bond donors (Lipinski definition) is 4. The molecule has 0 saturated carbocycles. The zero-order valence-corrected chi connectivity index (χ0v) is 19.0. The number of nitrogens with zero attached hydrogens (tertiary/aromatic N) is 2. The summed E-state index contributed by atoms with van der Waals surface area (Å²) >= 11 is 0. The summed E-state index contributed by atoms with van der Waals surface area (Å²) in [7, 11) is 1.63. The van der Waals surface area contributed by atoms with E-state index in [2.05, 4.69) is 15.7 Å². The van der Waals surface area contributed by atoms with Crippen LogP contribution in [-0.4, -0.2) is 57.2 Å². The van der Waals surface area contributed by atoms with Crippen molar-refractivity contribution in [2.45, 2.75) is 24.5 Å². The molecular weight excluding hydrogens is 452 g/mol. The third kappa shape index (κ3) is 5.17. The number of carbonyl (C=O) groups is 3. The quantitative estimate of drug-likeness (QED) is 0.368. The molecule has 0 radical (unpaired) electrons. The zero-order valence-electron chi connectivity index (χ0n) is 19.0. The number of aromatic nitrogens is 2. The molecule has 1 heterocycles. The van der Waals surface area contributed by atoms with E-state index in [1.54, 1.807) is 13.1 Å². The number of aliphatic hydroxyl groups excluding tert-OH is 1. The Bertz CT molecular complexity index is 1190. The highest BCUT2D eigenvalue weighted by Gasteiger charge is 2.30. The van der Waals surface area contributed by atoms with Crippen molar-refractivity contribution < 1.29 is 29.3 Å². The molecule has 4 N–H and O–H groups in total. The molecule has 0 fully saturated rings. The highest BCUT2D eigenvalue weighted by Crippen LogP contribution is 2.44. The summed E-state index contributed by atoms with van der Waals surface area (Å²) in [5.74, 6) is -2.09. The number of hydrogen-bond acceptors (Lipinski definition) is 6. The van der Waals surface area contributed by atoms with Crippen LogP contribution in [-0.2, 0) is 21.4 Å². The van der Waals surface area contributed by atoms with E-state index in [1.165, 1.54) is 10.9 Å². The first-order valence-corrected chi connectivity index (χ1v) is 11.1. The molecule has 1 unspecified atom stereocenters. The predicted molar refractivity (Wildman–Crippen MR) is 125 cm³/mol. The lowest BCUT2D eigenvalue weighted by molar-refractivity contribution is -0.147. The second-order valence-electron chi connectivity index (χ2n) is 8.22. The number of ether oxygens (including phenoxy) is 1. The van der Waals surface area contributed by atoms with Crippen molar-refractivity contribution in [3.05, 3.63) is 77.6 Å². The molecular formula is C25H26N4O6. The highest BCUT2D eigenvalue weighted by molar-refractivity contribution is 5.86. The molecule has 2 atom stereocenters. The van der Waals surface area contributed by atoms with Crippen molar-refractivity contribution in [1.29, 1.82) is 0 Å². The maximum atomic E-state index is 12.8. The molecule has 10 nitrogen and oxygen atoms in total. The molecule has 1 aromatic heterocycles. The topological polar surface area (TPSA) is 143 Å². The van der Waals surface area contributed by atoms with Crippen LogP contribution in [0, 0.1) is 0 Å². The third-order valence-corrected chi connectivity index (χ3v) is 6.02. The number of amides is 2. The number of aliphatic carboxylic acids is 1. The van der Waals surface area contributed by atoms with Gasteiger partial charge in [-0.3, -0.25) is 9.48 Å². The number of nitrogens with one attached hydrogen (secondary N) is 2. The standard InChI is InChI=1S/C25H26N4O6/c1-29-20(10-13-27-29)22(23(31)26-12-11-21(30)24(32)33)28-25(34)35-14-19-17-8-4-2-6-15(17)16-7-3-5-9-18(16)19/h2-10,13,19,21-22,30H,11-12,14H2,1H3,(H,26,31)(H,28,34)(H,32,33)/t21-,22?/m0/s1. The Hall–Kier alpha value is -4.18. The minimum absolute atomic E-state index is 0.0877. The summed E-state index contributed by atoms with van der Waals surface area (Å²) in [4.78, 5) is 36.3. The predicted octanol–water partition coefficient (Wildman–Crippen LogP) is 1.95. The number of carboxylic acids is 1. The van der Waals surface area contributed by atoms with Gasteiger partial charge in [0.1, 0.15) is 6.61 Å². The number of benzene rings is 2. The van der Waals surface area contributed by atoms with Crippen molar-refractivity contribution in [1.82, 2.24) is 20.4 Å². The molecule has 1 aliphatic rings. The van der Waals surface area contributed by atoms with E-state index in [-0.39, 0.29) is 25.5 Å². The van der Waals surface area contributed by atoms with E-state index < -0.39 is 30.1 Å². The maximum Gasteiger partial charge on any atom is 0.408 e. The second-order valence-corrected chi connectivity index (χ2v) is 8.22. The van der Waals surface area contributed by atoms with Gasteiger partial charge in [-0.25, -0.2) is 9.59 Å². The third-order valence-electron chi connectivity index (χ3n) is 6.02. The number of aliphatic hydroxyl groups is 1. The lowest BCUT2D eigenvalue weighted by Gasteiger charge is -2.20. The van der Waals surface area contributed by atoms with Gasteiger partial charge in [0.05, 0.1) is 5.69 Å². The average molecular weight is 479 g/mol. The number of carboxylic acid groups (broad SMARTS) is 1. The summed E-state index contributed by atoms with van der Waals surface area (Å²) in [5, 5.41) is 27.4. The Labute approximate surface area is 201 Å². The van der Waals surface area contributed by atoms with Gasteiger partial charge in [-0.05, 0) is 28.3 Å². The molecule has 0 spiro atoms. The largest absolute Gasteiger partial charge is 0.479 e. The zero-order chi connectivity index (χ0) is 24.9. The van der Waals surface area contributed by atoms with Gasteiger partial charge >= 0.3 is 12.1 Å². The van der Waals surface area contributed by atoms with Crippen LogP contribution in [0.25, 0.3) is 11.1 Å². The highest BCUT2D eigenvalue weighted by atomic mass is 16.5. The second kappa shape index (κ2) is 10.4. The van der Waals surface area contributed by atoms with Crippen LogP contribution in [0.15, 0.2) is 60.8 Å². The molecule has 35 heavy (non-hydrogen) atoms. The first-order valence-electron chi connectivity index (χ1n) is 11.1. The van der Waals surface area contributed by atoms with Crippen LogP contribution in [0.5, 0.6) is 0 Å². The summed E-state index contributed by atoms with van der Waals surface area (Å²) in [6, 6.07) is 16.4. The average Bonchev–Trinajstić information content (AvgIpc) is 3.42. The molecule has 2 aromatic carbocycles. The molecule has 4 rings (SSSR count). The number of fused-ring (bicyclic) bond motifs is 3. The fraction of sp³-hybridized carbons (Fsp3) is 0.280. The van der Waals surface area contributed by atoms with Crippen molar-refractivity contribution >= 4 is 18.0 Å². The van der Waals surface area contributed by atoms with Crippen LogP contribution in [0.2, 0.25) is 0 Å². The maximum absolute atomic E-state index is 12.8. The van der Waals surface area contributed by atoms with Gasteiger partial charge in [-0.1, -0.05) is 48.5 Å². The SMILES string of the molecule is Cn1nccc1C(NC(=O)OCC1c2ccccc2-c2ccccc21)C(=O)NCC[C@H](O)C(=O)O. The van der Waals surface area contributed by atoms with Gasteiger partial charge in [0.25, 0.3) is 0 Å². The number of alkyl carbamates (subject to hydrolysis) is 1. The van der Waals surface area contributed by atoms with Crippen LogP contribution in [0.3, 0.4) is 0 Å². The van der Waals surface area contributed by atoms with Crippen molar-refractivity contribution in [3.8, 4) is 11.1 Å². The molecule has 10 heteroatoms. The van der Waals surface area contributed by atoms with Gasteiger partial charge in [-0.15, -0.1) is 0 Å². The van der Waals surface area contributed by atoms with Gasteiger partial charge < -0.3 is 25.6 Å². The Morgan fingerprint density at radius 2 is 1.69 bits per heavy atom. The first-order chi connectivity index (χ1) is 16.9. The first kappa shape index (κ1) is 24.0. The molecule has 0 aliphatic heterocycles. The fourth-order valence-corrected chi connectivity index (χ4v) is 4.26. The smallest absolute Gasteiger partial charge is 0.408 e. The molecule has 0 saturated heterocycles.